The van der Waals surface area contributed by atoms with Crippen LogP contribution in [-0.4, -0.2) is 60.7 Å². The van der Waals surface area contributed by atoms with Gasteiger partial charge >= 0.3 is 27.9 Å². The molecule has 0 spiro atoms. The summed E-state index contributed by atoms with van der Waals surface area (Å²) in [5.74, 6) is 2.35. The van der Waals surface area contributed by atoms with Gasteiger partial charge in [0.25, 0.3) is 0 Å². The molecule has 29 heavy (non-hydrogen) atoms. The SMILES string of the molecule is C.Cc1cn2nc(-c3cnc4cc(C5C6CNCC65)sc4n3)cc(C)c2n1.[CH3][Sb]. The number of piperidine rings is 1. The Balaban J connectivity index is 0.000000664. The van der Waals surface area contributed by atoms with E-state index in [2.05, 4.69) is 38.2 Å². The Morgan fingerprint density at radius 3 is 2.62 bits per heavy atom. The summed E-state index contributed by atoms with van der Waals surface area (Å²) < 4.78 is 1.84. The Morgan fingerprint density at radius 1 is 1.10 bits per heavy atom. The van der Waals surface area contributed by atoms with Crippen molar-refractivity contribution in [2.45, 2.75) is 32.1 Å². The fraction of sp³-hybridized carbons (Fsp3) is 0.429. The van der Waals surface area contributed by atoms with Crippen molar-refractivity contribution in [2.75, 3.05) is 13.1 Å². The zero-order chi connectivity index (χ0) is 19.4. The van der Waals surface area contributed by atoms with E-state index >= 15 is 0 Å². The third kappa shape index (κ3) is 3.47. The Bertz CT molecular complexity index is 1170. The Labute approximate surface area is 188 Å². The molecule has 150 valence electrons. The Kier molecular flexibility index (Phi) is 5.66. The summed E-state index contributed by atoms with van der Waals surface area (Å²) in [7, 11) is 0. The topological polar surface area (TPSA) is 68.0 Å². The molecule has 8 heteroatoms. The number of nitrogens with zero attached hydrogens (tertiary/aromatic N) is 5. The first-order valence-electron chi connectivity index (χ1n) is 9.43. The average molecular weight is 515 g/mol. The zero-order valence-corrected chi connectivity index (χ0v) is 19.4. The van der Waals surface area contributed by atoms with Crippen molar-refractivity contribution in [2.24, 2.45) is 11.8 Å². The Hall–Kier alpha value is -1.56. The van der Waals surface area contributed by atoms with Gasteiger partial charge in [0.1, 0.15) is 21.7 Å². The van der Waals surface area contributed by atoms with Crippen molar-refractivity contribution < 1.29 is 0 Å². The molecular formula is C21H25N6SSb. The number of rotatable bonds is 2. The Morgan fingerprint density at radius 2 is 1.86 bits per heavy atom. The first kappa shape index (κ1) is 20.7. The molecule has 0 bridgehead atoms. The number of aryl methyl sites for hydroxylation is 2. The summed E-state index contributed by atoms with van der Waals surface area (Å²) in [5.41, 5.74) is 5.61. The fourth-order valence-corrected chi connectivity index (χ4v) is 5.57. The van der Waals surface area contributed by atoms with E-state index in [9.17, 15) is 0 Å². The van der Waals surface area contributed by atoms with E-state index in [4.69, 9.17) is 4.98 Å². The number of hydrogen-bond donors (Lipinski definition) is 1. The summed E-state index contributed by atoms with van der Waals surface area (Å²) in [5, 5.41) is 8.15. The van der Waals surface area contributed by atoms with E-state index in [-0.39, 0.29) is 7.43 Å². The predicted octanol–water partition coefficient (Wildman–Crippen LogP) is 3.79. The van der Waals surface area contributed by atoms with Gasteiger partial charge in [-0.15, -0.1) is 11.3 Å². The second-order valence-corrected chi connectivity index (χ2v) is 8.53. The van der Waals surface area contributed by atoms with Gasteiger partial charge in [-0.3, -0.25) is 4.98 Å². The zero-order valence-electron chi connectivity index (χ0n) is 16.0. The van der Waals surface area contributed by atoms with Crippen LogP contribution in [0.25, 0.3) is 27.4 Å². The van der Waals surface area contributed by atoms with E-state index < -0.39 is 0 Å². The van der Waals surface area contributed by atoms with Crippen LogP contribution in [0.15, 0.2) is 24.5 Å². The second-order valence-electron chi connectivity index (χ2n) is 7.47. The molecule has 5 heterocycles. The van der Waals surface area contributed by atoms with Gasteiger partial charge in [-0.05, 0) is 56.5 Å². The number of hydrogen-bond acceptors (Lipinski definition) is 6. The van der Waals surface area contributed by atoms with E-state index in [0.29, 0.717) is 5.92 Å². The predicted molar refractivity (Wildman–Crippen MR) is 120 cm³/mol. The minimum atomic E-state index is 0. The second kappa shape index (κ2) is 7.93. The van der Waals surface area contributed by atoms with E-state index in [0.717, 1.165) is 63.6 Å². The van der Waals surface area contributed by atoms with Crippen molar-refractivity contribution in [3.63, 3.8) is 0 Å². The van der Waals surface area contributed by atoms with Crippen molar-refractivity contribution in [1.29, 1.82) is 0 Å². The molecule has 2 radical (unpaired) electrons. The minimum absolute atomic E-state index is 0. The molecule has 4 aromatic rings. The molecular weight excluding hydrogens is 490 g/mol. The summed E-state index contributed by atoms with van der Waals surface area (Å²) in [6.07, 6.45) is 3.78. The fourth-order valence-electron chi connectivity index (χ4n) is 4.33. The maximum atomic E-state index is 4.87. The van der Waals surface area contributed by atoms with Crippen LogP contribution in [0.3, 0.4) is 0 Å². The van der Waals surface area contributed by atoms with Gasteiger partial charge in [0, 0.05) is 10.8 Å². The molecule has 1 N–H and O–H groups in total. The van der Waals surface area contributed by atoms with Gasteiger partial charge in [0.2, 0.25) is 0 Å². The van der Waals surface area contributed by atoms with Gasteiger partial charge in [-0.2, -0.15) is 5.10 Å². The van der Waals surface area contributed by atoms with Gasteiger partial charge in [-0.25, -0.2) is 14.5 Å². The van der Waals surface area contributed by atoms with Crippen molar-refractivity contribution in [1.82, 2.24) is 29.9 Å². The van der Waals surface area contributed by atoms with Crippen LogP contribution in [0.4, 0.5) is 0 Å². The quantitative estimate of drug-likeness (QED) is 0.412. The molecule has 6 rings (SSSR count). The normalized spacial score (nSPS) is 22.1. The first-order valence-corrected chi connectivity index (χ1v) is 12.8. The van der Waals surface area contributed by atoms with E-state index in [1.54, 1.807) is 34.4 Å². The molecule has 2 aliphatic rings. The van der Waals surface area contributed by atoms with Crippen molar-refractivity contribution >= 4 is 50.4 Å². The monoisotopic (exact) mass is 514 g/mol. The molecule has 0 amide bonds. The van der Waals surface area contributed by atoms with Crippen LogP contribution >= 0.6 is 11.3 Å². The first-order chi connectivity index (χ1) is 13.7. The molecule has 1 aliphatic carbocycles. The number of fused-ring (bicyclic) bond motifs is 3. The van der Waals surface area contributed by atoms with E-state index in [1.165, 1.54) is 4.88 Å². The summed E-state index contributed by atoms with van der Waals surface area (Å²) in [6.45, 7) is 6.35. The molecule has 1 aliphatic heterocycles. The molecule has 2 unspecified atom stereocenters. The van der Waals surface area contributed by atoms with Crippen molar-refractivity contribution in [3.05, 3.63) is 40.7 Å². The van der Waals surface area contributed by atoms with Crippen LogP contribution in [0.1, 0.15) is 29.5 Å². The molecule has 2 atom stereocenters. The van der Waals surface area contributed by atoms with Crippen LogP contribution in [0.5, 0.6) is 0 Å². The average Bonchev–Trinajstić information content (AvgIpc) is 3.12. The molecule has 2 fully saturated rings. The van der Waals surface area contributed by atoms with Crippen LogP contribution in [0, 0.1) is 25.7 Å². The summed E-state index contributed by atoms with van der Waals surface area (Å²) in [6, 6.07) is 4.28. The molecule has 0 aromatic carbocycles. The number of thiophene rings is 1. The third-order valence-electron chi connectivity index (χ3n) is 5.67. The van der Waals surface area contributed by atoms with Crippen molar-refractivity contribution in [3.8, 4) is 11.4 Å². The van der Waals surface area contributed by atoms with Crippen LogP contribution < -0.4 is 5.32 Å². The van der Waals surface area contributed by atoms with Gasteiger partial charge < -0.3 is 5.32 Å². The van der Waals surface area contributed by atoms with Gasteiger partial charge in [0.15, 0.2) is 5.65 Å². The number of imidazole rings is 1. The summed E-state index contributed by atoms with van der Waals surface area (Å²) in [4.78, 5) is 18.6. The number of nitrogens with one attached hydrogen (secondary N) is 1. The standard InChI is InChI=1S/C19H18N6S.CH4.CH3.Sb/c1-9-3-13(24-25-8-10(2)22-18(9)25)15-7-21-14-4-16(26-19(14)23-15)17-11-5-20-6-12(11)17;;;/h3-4,7-8,11-12,17,20H,5-6H2,1-2H3;1H4;1H3;. The van der Waals surface area contributed by atoms with Gasteiger partial charge in [-0.1, -0.05) is 7.43 Å². The molecule has 1 saturated carbocycles. The van der Waals surface area contributed by atoms with Crippen LogP contribution in [0.2, 0.25) is 4.87 Å². The summed E-state index contributed by atoms with van der Waals surface area (Å²) >= 11 is 3.55. The third-order valence-corrected chi connectivity index (χ3v) is 6.79. The van der Waals surface area contributed by atoms with E-state index in [1.807, 2.05) is 29.9 Å². The number of aromatic nitrogens is 5. The maximum absolute atomic E-state index is 4.87. The molecule has 6 nitrogen and oxygen atoms in total. The van der Waals surface area contributed by atoms with Gasteiger partial charge in [0.05, 0.1) is 18.1 Å². The van der Waals surface area contributed by atoms with Crippen LogP contribution in [-0.2, 0) is 0 Å². The molecule has 4 aromatic heterocycles. The molecule has 1 saturated heterocycles.